The van der Waals surface area contributed by atoms with Crippen LogP contribution in [0.15, 0.2) is 24.3 Å². The van der Waals surface area contributed by atoms with E-state index in [4.69, 9.17) is 0 Å². The van der Waals surface area contributed by atoms with Crippen LogP contribution in [-0.2, 0) is 17.6 Å². The van der Waals surface area contributed by atoms with Crippen molar-refractivity contribution in [1.82, 2.24) is 5.32 Å². The average molecular weight is 279 g/mol. The van der Waals surface area contributed by atoms with Gasteiger partial charge in [0.1, 0.15) is 0 Å². The lowest BCUT2D eigenvalue weighted by Crippen LogP contribution is -2.50. The first-order valence-electron chi connectivity index (χ1n) is 6.64. The van der Waals surface area contributed by atoms with E-state index in [2.05, 4.69) is 11.6 Å². The maximum Gasteiger partial charge on any atom is 0.252 e. The van der Waals surface area contributed by atoms with Gasteiger partial charge in [-0.25, -0.2) is 0 Å². The van der Waals surface area contributed by atoms with Gasteiger partial charge in [-0.1, -0.05) is 24.3 Å². The Kier molecular flexibility index (Phi) is 4.53. The molecule has 1 aromatic carbocycles. The molecule has 1 unspecified atom stereocenters. The predicted molar refractivity (Wildman–Crippen MR) is 79.4 cm³/mol. The van der Waals surface area contributed by atoms with Crippen LogP contribution in [-0.4, -0.2) is 34.7 Å². The predicted octanol–water partition coefficient (Wildman–Crippen LogP) is 1.77. The number of aliphatic hydroxyl groups is 1. The molecule has 0 fully saturated rings. The van der Waals surface area contributed by atoms with Crippen LogP contribution in [0.1, 0.15) is 24.5 Å². The van der Waals surface area contributed by atoms with Crippen LogP contribution in [0.2, 0.25) is 0 Å². The van der Waals surface area contributed by atoms with E-state index in [0.717, 1.165) is 23.3 Å². The second kappa shape index (κ2) is 5.97. The summed E-state index contributed by atoms with van der Waals surface area (Å²) in [5.74, 6) is 0.775. The second-order valence-electron chi connectivity index (χ2n) is 5.31. The van der Waals surface area contributed by atoms with Gasteiger partial charge in [0, 0.05) is 18.9 Å². The lowest BCUT2D eigenvalue weighted by atomic mass is 9.99. The zero-order valence-electron chi connectivity index (χ0n) is 11.5. The second-order valence-corrected chi connectivity index (χ2v) is 6.30. The molecular weight excluding hydrogens is 258 g/mol. The number of thioether (sulfide) groups is 1. The molecule has 1 aromatic rings. The van der Waals surface area contributed by atoms with E-state index in [1.54, 1.807) is 11.8 Å². The molecule has 0 heterocycles. The van der Waals surface area contributed by atoms with Crippen molar-refractivity contribution in [3.63, 3.8) is 0 Å². The zero-order chi connectivity index (χ0) is 13.9. The summed E-state index contributed by atoms with van der Waals surface area (Å²) in [5.41, 5.74) is 0.894. The van der Waals surface area contributed by atoms with Crippen LogP contribution in [0.4, 0.5) is 0 Å². The molecule has 0 radical (unpaired) electrons. The number of carbonyl (C=O) groups is 1. The number of rotatable bonds is 5. The fourth-order valence-electron chi connectivity index (χ4n) is 2.48. The Morgan fingerprint density at radius 2 is 2.00 bits per heavy atom. The topological polar surface area (TPSA) is 49.3 Å². The number of benzene rings is 1. The van der Waals surface area contributed by atoms with Crippen LogP contribution in [0.25, 0.3) is 0 Å². The summed E-state index contributed by atoms with van der Waals surface area (Å²) < 4.78 is 0. The Hall–Kier alpha value is -1.00. The molecular formula is C15H21NO2S. The Bertz CT molecular complexity index is 436. The minimum absolute atomic E-state index is 0.104. The molecule has 1 aliphatic rings. The number of amides is 1. The summed E-state index contributed by atoms with van der Waals surface area (Å²) in [6.07, 6.45) is 3.82. The molecule has 0 bridgehead atoms. The molecule has 0 aliphatic heterocycles. The largest absolute Gasteiger partial charge is 0.379 e. The van der Waals surface area contributed by atoms with Gasteiger partial charge in [-0.05, 0) is 36.5 Å². The third-order valence-corrected chi connectivity index (χ3v) is 4.28. The van der Waals surface area contributed by atoms with Gasteiger partial charge in [0.15, 0.2) is 5.60 Å². The molecule has 4 heteroatoms. The van der Waals surface area contributed by atoms with E-state index < -0.39 is 5.60 Å². The van der Waals surface area contributed by atoms with Gasteiger partial charge in [-0.3, -0.25) is 4.79 Å². The molecule has 2 rings (SSSR count). The molecule has 0 spiro atoms. The molecule has 19 heavy (non-hydrogen) atoms. The maximum absolute atomic E-state index is 12.2. The molecule has 1 aliphatic carbocycles. The zero-order valence-corrected chi connectivity index (χ0v) is 12.3. The molecule has 0 aromatic heterocycles. The van der Waals surface area contributed by atoms with Crippen LogP contribution in [0.5, 0.6) is 0 Å². The van der Waals surface area contributed by atoms with Crippen molar-refractivity contribution in [2.24, 2.45) is 0 Å². The fraction of sp³-hybridized carbons (Fsp3) is 0.533. The van der Waals surface area contributed by atoms with Gasteiger partial charge >= 0.3 is 0 Å². The highest BCUT2D eigenvalue weighted by molar-refractivity contribution is 7.98. The number of carbonyl (C=O) groups excluding carboxylic acids is 1. The highest BCUT2D eigenvalue weighted by Crippen LogP contribution is 2.30. The molecule has 0 saturated heterocycles. The maximum atomic E-state index is 12.2. The minimum Gasteiger partial charge on any atom is -0.379 e. The molecule has 1 atom stereocenters. The molecule has 3 nitrogen and oxygen atoms in total. The molecule has 104 valence electrons. The highest BCUT2D eigenvalue weighted by atomic mass is 32.2. The van der Waals surface area contributed by atoms with Crippen molar-refractivity contribution < 1.29 is 9.90 Å². The van der Waals surface area contributed by atoms with Crippen LogP contribution in [0.3, 0.4) is 0 Å². The average Bonchev–Trinajstić information content (AvgIpc) is 2.73. The van der Waals surface area contributed by atoms with Gasteiger partial charge in [0.2, 0.25) is 0 Å². The van der Waals surface area contributed by atoms with Crippen molar-refractivity contribution in [2.45, 2.75) is 37.8 Å². The fourth-order valence-corrected chi connectivity index (χ4v) is 3.07. The highest BCUT2D eigenvalue weighted by Gasteiger charge is 2.42. The van der Waals surface area contributed by atoms with Crippen molar-refractivity contribution in [2.75, 3.05) is 12.0 Å². The third-order valence-electron chi connectivity index (χ3n) is 3.64. The van der Waals surface area contributed by atoms with E-state index in [0.29, 0.717) is 12.8 Å². The summed E-state index contributed by atoms with van der Waals surface area (Å²) in [7, 11) is 0. The van der Waals surface area contributed by atoms with Crippen LogP contribution < -0.4 is 5.32 Å². The Balaban J connectivity index is 1.97. The number of hydrogen-bond donors (Lipinski definition) is 2. The van der Waals surface area contributed by atoms with E-state index in [1.807, 2.05) is 31.2 Å². The van der Waals surface area contributed by atoms with Crippen molar-refractivity contribution in [3.8, 4) is 0 Å². The van der Waals surface area contributed by atoms with E-state index in [1.165, 1.54) is 0 Å². The smallest absolute Gasteiger partial charge is 0.252 e. The summed E-state index contributed by atoms with van der Waals surface area (Å²) >= 11 is 1.76. The molecule has 2 N–H and O–H groups in total. The first-order chi connectivity index (χ1) is 9.05. The lowest BCUT2D eigenvalue weighted by Gasteiger charge is -2.24. The Labute approximate surface area is 118 Å². The van der Waals surface area contributed by atoms with Gasteiger partial charge in [-0.15, -0.1) is 0 Å². The van der Waals surface area contributed by atoms with Gasteiger partial charge < -0.3 is 10.4 Å². The number of fused-ring (bicyclic) bond motifs is 1. The van der Waals surface area contributed by atoms with Gasteiger partial charge in [-0.2, -0.15) is 11.8 Å². The Morgan fingerprint density at radius 1 is 1.42 bits per heavy atom. The summed E-state index contributed by atoms with van der Waals surface area (Å²) in [6.45, 7) is 1.99. The molecule has 0 saturated carbocycles. The first kappa shape index (κ1) is 14.4. The normalized spacial score (nSPS) is 17.8. The third kappa shape index (κ3) is 3.31. The van der Waals surface area contributed by atoms with Gasteiger partial charge in [0.05, 0.1) is 0 Å². The minimum atomic E-state index is -1.27. The summed E-state index contributed by atoms with van der Waals surface area (Å²) in [5, 5.41) is 13.5. The number of hydrogen-bond acceptors (Lipinski definition) is 3. The van der Waals surface area contributed by atoms with Crippen molar-refractivity contribution in [1.29, 1.82) is 0 Å². The van der Waals surface area contributed by atoms with E-state index in [-0.39, 0.29) is 11.9 Å². The van der Waals surface area contributed by atoms with E-state index >= 15 is 0 Å². The molecule has 1 amide bonds. The van der Waals surface area contributed by atoms with Crippen LogP contribution >= 0.6 is 11.8 Å². The van der Waals surface area contributed by atoms with Crippen molar-refractivity contribution >= 4 is 17.7 Å². The van der Waals surface area contributed by atoms with E-state index in [9.17, 15) is 9.90 Å². The monoisotopic (exact) mass is 279 g/mol. The van der Waals surface area contributed by atoms with Gasteiger partial charge in [0.25, 0.3) is 5.91 Å². The summed E-state index contributed by atoms with van der Waals surface area (Å²) in [6, 6.07) is 7.97. The summed E-state index contributed by atoms with van der Waals surface area (Å²) in [4.78, 5) is 12.2. The number of nitrogens with one attached hydrogen (secondary N) is 1. The lowest BCUT2D eigenvalue weighted by molar-refractivity contribution is -0.139. The van der Waals surface area contributed by atoms with Crippen LogP contribution in [0, 0.1) is 0 Å². The quantitative estimate of drug-likeness (QED) is 0.863. The van der Waals surface area contributed by atoms with Crippen molar-refractivity contribution in [3.05, 3.63) is 35.4 Å². The Morgan fingerprint density at radius 3 is 2.53 bits per heavy atom. The first-order valence-corrected chi connectivity index (χ1v) is 8.03. The SMILES string of the molecule is CSCCC(C)NC(=O)C1(O)Cc2ccccc2C1. The standard InChI is InChI=1S/C15H21NO2S/c1-11(7-8-19-2)16-14(17)15(18)9-12-5-3-4-6-13(12)10-15/h3-6,11,18H,7-10H2,1-2H3,(H,16,17).